The molecule has 1 saturated heterocycles. The summed E-state index contributed by atoms with van der Waals surface area (Å²) in [5.41, 5.74) is 0.623. The third-order valence-corrected chi connectivity index (χ3v) is 10.3. The van der Waals surface area contributed by atoms with Gasteiger partial charge in [-0.15, -0.1) is 23.5 Å². The summed E-state index contributed by atoms with van der Waals surface area (Å²) in [6.07, 6.45) is 19.1. The Hall–Kier alpha value is 0.700. The Morgan fingerprint density at radius 3 is 2.04 bits per heavy atom. The molecule has 142 valence electrons. The minimum Gasteiger partial charge on any atom is -0.147 e. The number of unbranched alkanes of at least 4 members (excludes halogenated alkanes) is 5. The molecule has 0 amide bonds. The summed E-state index contributed by atoms with van der Waals surface area (Å²) < 4.78 is 0.922. The monoisotopic (exact) mass is 370 g/mol. The van der Waals surface area contributed by atoms with Crippen molar-refractivity contribution < 1.29 is 0 Å². The van der Waals surface area contributed by atoms with Crippen LogP contribution < -0.4 is 0 Å². The van der Waals surface area contributed by atoms with Crippen molar-refractivity contribution in [3.63, 3.8) is 0 Å². The fourth-order valence-corrected chi connectivity index (χ4v) is 8.12. The van der Waals surface area contributed by atoms with Gasteiger partial charge in [-0.25, -0.2) is 0 Å². The Kier molecular flexibility index (Phi) is 10.00. The van der Waals surface area contributed by atoms with Crippen LogP contribution in [0.25, 0.3) is 0 Å². The molecular weight excluding hydrogens is 328 g/mol. The molecule has 0 aromatic carbocycles. The zero-order valence-electron chi connectivity index (χ0n) is 16.7. The molecule has 0 aromatic heterocycles. The second-order valence-corrected chi connectivity index (χ2v) is 11.4. The molecule has 0 N–H and O–H groups in total. The van der Waals surface area contributed by atoms with Crippen LogP contribution in [0.2, 0.25) is 0 Å². The molecule has 2 heteroatoms. The lowest BCUT2D eigenvalue weighted by Crippen LogP contribution is -2.33. The third kappa shape index (κ3) is 7.14. The molecule has 0 spiro atoms. The van der Waals surface area contributed by atoms with Crippen LogP contribution in [0, 0.1) is 17.3 Å². The average Bonchev–Trinajstić information content (AvgIpc) is 2.60. The molecule has 2 fully saturated rings. The summed E-state index contributed by atoms with van der Waals surface area (Å²) in [5, 5.41) is 0. The fourth-order valence-electron chi connectivity index (χ4n) is 4.48. The molecular formula is C22H42S2. The van der Waals surface area contributed by atoms with Crippen LogP contribution >= 0.6 is 23.5 Å². The standard InChI is InChI=1S/C22H42S2/c1-4-6-8-9-11-19-12-14-20(15-13-19)21-23-17-22(3,18-24-21)16-10-7-5-2/h19-21H,4-18H2,1-3H3. The van der Waals surface area contributed by atoms with Crippen molar-refractivity contribution in [1.29, 1.82) is 0 Å². The van der Waals surface area contributed by atoms with E-state index in [2.05, 4.69) is 44.3 Å². The molecule has 2 rings (SSSR count). The number of hydrogen-bond acceptors (Lipinski definition) is 2. The molecule has 1 aliphatic carbocycles. The predicted octanol–water partition coefficient (Wildman–Crippen LogP) is 8.16. The first-order valence-electron chi connectivity index (χ1n) is 10.9. The Balaban J connectivity index is 1.61. The van der Waals surface area contributed by atoms with E-state index in [1.807, 2.05) is 0 Å². The second kappa shape index (κ2) is 11.4. The normalized spacial score (nSPS) is 34.4. The topological polar surface area (TPSA) is 0 Å². The van der Waals surface area contributed by atoms with Crippen LogP contribution in [0.3, 0.4) is 0 Å². The number of thioether (sulfide) groups is 2. The van der Waals surface area contributed by atoms with Gasteiger partial charge in [0.15, 0.2) is 0 Å². The highest BCUT2D eigenvalue weighted by Crippen LogP contribution is 2.49. The molecule has 0 nitrogen and oxygen atoms in total. The molecule has 0 unspecified atom stereocenters. The van der Waals surface area contributed by atoms with Crippen LogP contribution in [0.5, 0.6) is 0 Å². The van der Waals surface area contributed by atoms with E-state index in [0.29, 0.717) is 5.41 Å². The summed E-state index contributed by atoms with van der Waals surface area (Å²) in [6.45, 7) is 7.19. The lowest BCUT2D eigenvalue weighted by molar-refractivity contribution is 0.268. The quantitative estimate of drug-likeness (QED) is 0.356. The van der Waals surface area contributed by atoms with Crippen LogP contribution in [0.4, 0.5) is 0 Å². The Labute approximate surface area is 161 Å². The van der Waals surface area contributed by atoms with Gasteiger partial charge in [0.25, 0.3) is 0 Å². The average molecular weight is 371 g/mol. The van der Waals surface area contributed by atoms with E-state index in [1.54, 1.807) is 0 Å². The smallest absolute Gasteiger partial charge is 0.0531 e. The second-order valence-electron chi connectivity index (χ2n) is 8.89. The van der Waals surface area contributed by atoms with Gasteiger partial charge in [0.2, 0.25) is 0 Å². The van der Waals surface area contributed by atoms with Gasteiger partial charge in [0.1, 0.15) is 0 Å². The highest BCUT2D eigenvalue weighted by molar-refractivity contribution is 8.17. The maximum absolute atomic E-state index is 2.55. The summed E-state index contributed by atoms with van der Waals surface area (Å²) in [7, 11) is 0. The third-order valence-electron chi connectivity index (χ3n) is 6.32. The van der Waals surface area contributed by atoms with Crippen molar-refractivity contribution in [2.24, 2.45) is 17.3 Å². The maximum atomic E-state index is 2.55. The van der Waals surface area contributed by atoms with E-state index in [4.69, 9.17) is 0 Å². The van der Waals surface area contributed by atoms with Crippen LogP contribution in [0.1, 0.15) is 104 Å². The molecule has 0 bridgehead atoms. The van der Waals surface area contributed by atoms with Gasteiger partial charge in [-0.3, -0.25) is 0 Å². The summed E-state index contributed by atoms with van der Waals surface area (Å²) in [5.74, 6) is 4.93. The largest absolute Gasteiger partial charge is 0.147 e. The van der Waals surface area contributed by atoms with Gasteiger partial charge in [0, 0.05) is 11.5 Å². The van der Waals surface area contributed by atoms with Gasteiger partial charge < -0.3 is 0 Å². The molecule has 24 heavy (non-hydrogen) atoms. The van der Waals surface area contributed by atoms with Crippen LogP contribution in [-0.4, -0.2) is 16.1 Å². The van der Waals surface area contributed by atoms with Gasteiger partial charge in [-0.05, 0) is 36.5 Å². The Morgan fingerprint density at radius 2 is 1.42 bits per heavy atom. The van der Waals surface area contributed by atoms with E-state index in [9.17, 15) is 0 Å². The minimum atomic E-state index is 0.623. The minimum absolute atomic E-state index is 0.623. The van der Waals surface area contributed by atoms with Crippen molar-refractivity contribution in [3.8, 4) is 0 Å². The number of rotatable bonds is 10. The lowest BCUT2D eigenvalue weighted by Gasteiger charge is -2.41. The highest BCUT2D eigenvalue weighted by Gasteiger charge is 2.36. The molecule has 1 heterocycles. The Morgan fingerprint density at radius 1 is 0.792 bits per heavy atom. The maximum Gasteiger partial charge on any atom is 0.0531 e. The first-order chi connectivity index (χ1) is 11.7. The van der Waals surface area contributed by atoms with Gasteiger partial charge in [-0.2, -0.15) is 0 Å². The highest BCUT2D eigenvalue weighted by atomic mass is 32.2. The van der Waals surface area contributed by atoms with Gasteiger partial charge in [0.05, 0.1) is 4.58 Å². The number of hydrogen-bond donors (Lipinski definition) is 0. The van der Waals surface area contributed by atoms with E-state index in [0.717, 1.165) is 16.4 Å². The van der Waals surface area contributed by atoms with Crippen molar-refractivity contribution in [2.45, 2.75) is 109 Å². The zero-order valence-corrected chi connectivity index (χ0v) is 18.3. The van der Waals surface area contributed by atoms with Crippen molar-refractivity contribution in [3.05, 3.63) is 0 Å². The van der Waals surface area contributed by atoms with E-state index >= 15 is 0 Å². The van der Waals surface area contributed by atoms with E-state index in [-0.39, 0.29) is 0 Å². The fraction of sp³-hybridized carbons (Fsp3) is 1.00. The molecule has 0 aromatic rings. The lowest BCUT2D eigenvalue weighted by atomic mass is 9.80. The molecule has 0 radical (unpaired) electrons. The first-order valence-corrected chi connectivity index (χ1v) is 13.0. The van der Waals surface area contributed by atoms with Gasteiger partial charge in [-0.1, -0.05) is 85.0 Å². The van der Waals surface area contributed by atoms with Crippen molar-refractivity contribution in [2.75, 3.05) is 11.5 Å². The zero-order chi connectivity index (χ0) is 17.3. The molecule has 1 aliphatic heterocycles. The Bertz CT molecular complexity index is 312. The molecule has 1 saturated carbocycles. The molecule has 0 atom stereocenters. The summed E-state index contributed by atoms with van der Waals surface area (Å²) in [4.78, 5) is 0. The summed E-state index contributed by atoms with van der Waals surface area (Å²) >= 11 is 4.65. The first kappa shape index (κ1) is 21.0. The summed E-state index contributed by atoms with van der Waals surface area (Å²) in [6, 6.07) is 0. The van der Waals surface area contributed by atoms with Crippen LogP contribution in [0.15, 0.2) is 0 Å². The predicted molar refractivity (Wildman–Crippen MR) is 115 cm³/mol. The van der Waals surface area contributed by atoms with Gasteiger partial charge >= 0.3 is 0 Å². The van der Waals surface area contributed by atoms with E-state index < -0.39 is 0 Å². The van der Waals surface area contributed by atoms with E-state index in [1.165, 1.54) is 95.0 Å². The van der Waals surface area contributed by atoms with Crippen molar-refractivity contribution >= 4 is 23.5 Å². The van der Waals surface area contributed by atoms with Crippen LogP contribution in [-0.2, 0) is 0 Å². The SMILES string of the molecule is CCCCCCC1CCC(C2SCC(C)(CCCCC)CS2)CC1. The van der Waals surface area contributed by atoms with Crippen molar-refractivity contribution in [1.82, 2.24) is 0 Å². The molecule has 2 aliphatic rings.